The smallest absolute Gasteiger partial charge is 0.251 e. The number of hydrogen-bond acceptors (Lipinski definition) is 3. The average molecular weight is 304 g/mol. The Kier molecular flexibility index (Phi) is 5.95. The summed E-state index contributed by atoms with van der Waals surface area (Å²) in [5, 5.41) is 14.9. The van der Waals surface area contributed by atoms with Crippen molar-refractivity contribution in [1.29, 1.82) is 0 Å². The molecule has 0 spiro atoms. The van der Waals surface area contributed by atoms with Gasteiger partial charge in [-0.1, -0.05) is 31.0 Å². The number of aryl methyl sites for hydroxylation is 1. The van der Waals surface area contributed by atoms with Crippen LogP contribution in [-0.2, 0) is 4.79 Å². The fraction of sp³-hybridized carbons (Fsp3) is 0.529. The van der Waals surface area contributed by atoms with Gasteiger partial charge in [0.25, 0.3) is 5.91 Å². The maximum atomic E-state index is 12.1. The van der Waals surface area contributed by atoms with Gasteiger partial charge in [0, 0.05) is 24.1 Å². The third-order valence-electron chi connectivity index (χ3n) is 4.29. The van der Waals surface area contributed by atoms with E-state index in [0.29, 0.717) is 5.56 Å². The van der Waals surface area contributed by atoms with Crippen LogP contribution in [0.2, 0.25) is 0 Å². The van der Waals surface area contributed by atoms with Crippen LogP contribution in [0.3, 0.4) is 0 Å². The Morgan fingerprint density at radius 1 is 1.23 bits per heavy atom. The first-order valence-electron chi connectivity index (χ1n) is 7.86. The number of hydrogen-bond donors (Lipinski definition) is 3. The summed E-state index contributed by atoms with van der Waals surface area (Å²) in [6.45, 7) is 1.92. The van der Waals surface area contributed by atoms with Gasteiger partial charge in [-0.15, -0.1) is 0 Å². The Morgan fingerprint density at radius 2 is 1.95 bits per heavy atom. The van der Waals surface area contributed by atoms with Crippen LogP contribution in [-0.4, -0.2) is 36.1 Å². The number of carbonyl (C=O) groups excluding carboxylic acids is 2. The summed E-state index contributed by atoms with van der Waals surface area (Å²) in [6, 6.07) is 7.29. The Bertz CT molecular complexity index is 530. The predicted octanol–water partition coefficient (Wildman–Crippen LogP) is 1.39. The van der Waals surface area contributed by atoms with Gasteiger partial charge in [0.05, 0.1) is 6.54 Å². The van der Waals surface area contributed by atoms with Crippen molar-refractivity contribution in [3.63, 3.8) is 0 Å². The second-order valence-electron chi connectivity index (χ2n) is 5.90. The van der Waals surface area contributed by atoms with Crippen molar-refractivity contribution in [2.24, 2.45) is 5.92 Å². The van der Waals surface area contributed by atoms with Crippen LogP contribution in [0, 0.1) is 12.8 Å². The Hall–Kier alpha value is -1.88. The van der Waals surface area contributed by atoms with Crippen LogP contribution in [0.4, 0.5) is 0 Å². The predicted molar refractivity (Wildman–Crippen MR) is 84.5 cm³/mol. The summed E-state index contributed by atoms with van der Waals surface area (Å²) in [6.07, 6.45) is 4.00. The standard InChI is InChI=1S/C17H24N2O3/c1-12-6-2-4-8-14(12)17(22)18-10-16(21)19-15-9-5-3-7-13(15)11-20/h2,4,6,8,13,15,20H,3,5,7,9-11H2,1H3,(H,18,22)(H,19,21). The van der Waals surface area contributed by atoms with E-state index in [9.17, 15) is 14.7 Å². The monoisotopic (exact) mass is 304 g/mol. The second kappa shape index (κ2) is 7.94. The van der Waals surface area contributed by atoms with E-state index >= 15 is 0 Å². The lowest BCUT2D eigenvalue weighted by atomic mass is 9.85. The minimum atomic E-state index is -0.240. The van der Waals surface area contributed by atoms with E-state index in [1.807, 2.05) is 19.1 Å². The molecule has 1 fully saturated rings. The Balaban J connectivity index is 1.82. The molecule has 1 saturated carbocycles. The molecule has 1 aliphatic carbocycles. The van der Waals surface area contributed by atoms with Gasteiger partial charge >= 0.3 is 0 Å². The third-order valence-corrected chi connectivity index (χ3v) is 4.29. The highest BCUT2D eigenvalue weighted by Crippen LogP contribution is 2.23. The summed E-state index contributed by atoms with van der Waals surface area (Å²) in [4.78, 5) is 24.0. The lowest BCUT2D eigenvalue weighted by Crippen LogP contribution is -2.47. The van der Waals surface area contributed by atoms with Gasteiger partial charge in [0.2, 0.25) is 5.91 Å². The molecule has 0 aromatic heterocycles. The van der Waals surface area contributed by atoms with E-state index in [1.54, 1.807) is 12.1 Å². The Morgan fingerprint density at radius 3 is 2.68 bits per heavy atom. The van der Waals surface area contributed by atoms with Crippen LogP contribution >= 0.6 is 0 Å². The second-order valence-corrected chi connectivity index (χ2v) is 5.90. The van der Waals surface area contributed by atoms with E-state index in [0.717, 1.165) is 31.2 Å². The van der Waals surface area contributed by atoms with E-state index in [4.69, 9.17) is 0 Å². The maximum Gasteiger partial charge on any atom is 0.251 e. The number of rotatable bonds is 5. The van der Waals surface area contributed by atoms with E-state index < -0.39 is 0 Å². The highest BCUT2D eigenvalue weighted by atomic mass is 16.3. The van der Waals surface area contributed by atoms with Crippen molar-refractivity contribution in [3.05, 3.63) is 35.4 Å². The molecule has 1 aromatic rings. The molecule has 0 aliphatic heterocycles. The largest absolute Gasteiger partial charge is 0.396 e. The average Bonchev–Trinajstić information content (AvgIpc) is 2.53. The highest BCUT2D eigenvalue weighted by molar-refractivity contribution is 5.97. The molecule has 5 heteroatoms. The lowest BCUT2D eigenvalue weighted by molar-refractivity contribution is -0.121. The summed E-state index contributed by atoms with van der Waals surface area (Å²) in [5.74, 6) is -0.312. The minimum absolute atomic E-state index is 0.0154. The van der Waals surface area contributed by atoms with Gasteiger partial charge in [-0.25, -0.2) is 0 Å². The topological polar surface area (TPSA) is 78.4 Å². The zero-order chi connectivity index (χ0) is 15.9. The summed E-state index contributed by atoms with van der Waals surface area (Å²) in [7, 11) is 0. The zero-order valence-corrected chi connectivity index (χ0v) is 13.0. The number of nitrogens with one attached hydrogen (secondary N) is 2. The normalized spacial score (nSPS) is 21.2. The van der Waals surface area contributed by atoms with Gasteiger partial charge < -0.3 is 15.7 Å². The van der Waals surface area contributed by atoms with Crippen molar-refractivity contribution in [1.82, 2.24) is 10.6 Å². The van der Waals surface area contributed by atoms with E-state index in [-0.39, 0.29) is 36.9 Å². The molecular formula is C17H24N2O3. The van der Waals surface area contributed by atoms with Gasteiger partial charge in [0.15, 0.2) is 0 Å². The third kappa shape index (κ3) is 4.31. The number of amides is 2. The van der Waals surface area contributed by atoms with Crippen LogP contribution in [0.15, 0.2) is 24.3 Å². The summed E-state index contributed by atoms with van der Waals surface area (Å²) in [5.41, 5.74) is 1.47. The fourth-order valence-corrected chi connectivity index (χ4v) is 2.96. The molecule has 0 radical (unpaired) electrons. The molecular weight excluding hydrogens is 280 g/mol. The van der Waals surface area contributed by atoms with Crippen molar-refractivity contribution in [2.75, 3.05) is 13.2 Å². The van der Waals surface area contributed by atoms with Crippen molar-refractivity contribution < 1.29 is 14.7 Å². The molecule has 0 saturated heterocycles. The number of carbonyl (C=O) groups is 2. The number of aliphatic hydroxyl groups excluding tert-OH is 1. The molecule has 0 heterocycles. The van der Waals surface area contributed by atoms with Gasteiger partial charge in [-0.3, -0.25) is 9.59 Å². The fourth-order valence-electron chi connectivity index (χ4n) is 2.96. The van der Waals surface area contributed by atoms with Gasteiger partial charge in [-0.05, 0) is 31.4 Å². The van der Waals surface area contributed by atoms with E-state index in [2.05, 4.69) is 10.6 Å². The van der Waals surface area contributed by atoms with Crippen LogP contribution in [0.25, 0.3) is 0 Å². The molecule has 2 rings (SSSR count). The quantitative estimate of drug-likeness (QED) is 0.769. The van der Waals surface area contributed by atoms with Crippen LogP contribution in [0.5, 0.6) is 0 Å². The van der Waals surface area contributed by atoms with Gasteiger partial charge in [0.1, 0.15) is 0 Å². The number of benzene rings is 1. The molecule has 1 aliphatic rings. The number of aliphatic hydroxyl groups is 1. The lowest BCUT2D eigenvalue weighted by Gasteiger charge is -2.30. The molecule has 0 bridgehead atoms. The molecule has 2 amide bonds. The molecule has 120 valence electrons. The first-order chi connectivity index (χ1) is 10.6. The first-order valence-corrected chi connectivity index (χ1v) is 7.86. The molecule has 22 heavy (non-hydrogen) atoms. The maximum absolute atomic E-state index is 12.1. The molecule has 1 aromatic carbocycles. The van der Waals surface area contributed by atoms with Crippen molar-refractivity contribution in [3.8, 4) is 0 Å². The molecule has 2 unspecified atom stereocenters. The minimum Gasteiger partial charge on any atom is -0.396 e. The first kappa shape index (κ1) is 16.5. The van der Waals surface area contributed by atoms with Gasteiger partial charge in [-0.2, -0.15) is 0 Å². The molecule has 5 nitrogen and oxygen atoms in total. The molecule has 2 atom stereocenters. The summed E-state index contributed by atoms with van der Waals surface area (Å²) < 4.78 is 0. The highest BCUT2D eigenvalue weighted by Gasteiger charge is 2.25. The van der Waals surface area contributed by atoms with E-state index in [1.165, 1.54) is 0 Å². The molecule has 3 N–H and O–H groups in total. The van der Waals surface area contributed by atoms with Crippen molar-refractivity contribution in [2.45, 2.75) is 38.6 Å². The van der Waals surface area contributed by atoms with Crippen LogP contribution in [0.1, 0.15) is 41.6 Å². The zero-order valence-electron chi connectivity index (χ0n) is 13.0. The van der Waals surface area contributed by atoms with Crippen LogP contribution < -0.4 is 10.6 Å². The summed E-state index contributed by atoms with van der Waals surface area (Å²) >= 11 is 0. The Labute approximate surface area is 131 Å². The SMILES string of the molecule is Cc1ccccc1C(=O)NCC(=O)NC1CCCCC1CO. The van der Waals surface area contributed by atoms with Crippen molar-refractivity contribution >= 4 is 11.8 Å².